The third kappa shape index (κ3) is 3.01. The number of hydrazine groups is 1. The highest BCUT2D eigenvalue weighted by molar-refractivity contribution is 7.89. The minimum absolute atomic E-state index is 0.257. The molecule has 0 aliphatic carbocycles. The highest BCUT2D eigenvalue weighted by Gasteiger charge is 2.21. The molecule has 18 heavy (non-hydrogen) atoms. The topological polar surface area (TPSA) is 75.4 Å². The van der Waals surface area contributed by atoms with Gasteiger partial charge in [0.25, 0.3) is 10.0 Å². The lowest BCUT2D eigenvalue weighted by Gasteiger charge is -2.26. The summed E-state index contributed by atoms with van der Waals surface area (Å²) in [5, 5.41) is 1.77. The minimum Gasteiger partial charge on any atom is -0.399 e. The van der Waals surface area contributed by atoms with Crippen LogP contribution in [0.3, 0.4) is 0 Å². The first kappa shape index (κ1) is 13.3. The highest BCUT2D eigenvalue weighted by atomic mass is 32.2. The molecule has 1 aromatic rings. The molecule has 1 aliphatic rings. The van der Waals surface area contributed by atoms with E-state index in [1.807, 2.05) is 0 Å². The molecule has 0 saturated carbocycles. The molecule has 3 N–H and O–H groups in total. The maximum absolute atomic E-state index is 12.3. The zero-order valence-electron chi connectivity index (χ0n) is 10.5. The van der Waals surface area contributed by atoms with Crippen molar-refractivity contribution >= 4 is 15.7 Å². The van der Waals surface area contributed by atoms with E-state index in [1.54, 1.807) is 24.1 Å². The summed E-state index contributed by atoms with van der Waals surface area (Å²) < 4.78 is 24.5. The summed E-state index contributed by atoms with van der Waals surface area (Å²) in [6, 6.07) is 4.93. The Balaban J connectivity index is 2.21. The van der Waals surface area contributed by atoms with Crippen LogP contribution >= 0.6 is 0 Å². The molecule has 1 heterocycles. The molecule has 1 fully saturated rings. The van der Waals surface area contributed by atoms with Gasteiger partial charge in [0.2, 0.25) is 0 Å². The summed E-state index contributed by atoms with van der Waals surface area (Å²) in [7, 11) is -3.52. The largest absolute Gasteiger partial charge is 0.399 e. The van der Waals surface area contributed by atoms with Crippen LogP contribution in [0.4, 0.5) is 5.69 Å². The molecule has 0 amide bonds. The number of nitrogen functional groups attached to an aromatic ring is 1. The zero-order valence-corrected chi connectivity index (χ0v) is 11.3. The van der Waals surface area contributed by atoms with Crippen molar-refractivity contribution in [1.29, 1.82) is 0 Å². The fraction of sp³-hybridized carbons (Fsp3) is 0.500. The summed E-state index contributed by atoms with van der Waals surface area (Å²) in [6.07, 6.45) is 3.21. The first-order valence-electron chi connectivity index (χ1n) is 6.12. The quantitative estimate of drug-likeness (QED) is 0.810. The number of aryl methyl sites for hydroxylation is 1. The maximum atomic E-state index is 12.3. The predicted molar refractivity (Wildman–Crippen MR) is 71.3 cm³/mol. The lowest BCUT2D eigenvalue weighted by Crippen LogP contribution is -2.45. The van der Waals surface area contributed by atoms with Crippen LogP contribution in [0, 0.1) is 6.92 Å². The number of anilines is 1. The lowest BCUT2D eigenvalue weighted by atomic mass is 10.2. The monoisotopic (exact) mass is 269 g/mol. The lowest BCUT2D eigenvalue weighted by molar-refractivity contribution is 0.200. The Morgan fingerprint density at radius 2 is 1.89 bits per heavy atom. The Morgan fingerprint density at radius 1 is 1.22 bits per heavy atom. The average molecular weight is 269 g/mol. The van der Waals surface area contributed by atoms with Gasteiger partial charge in [-0.1, -0.05) is 12.5 Å². The second-order valence-corrected chi connectivity index (χ2v) is 6.30. The van der Waals surface area contributed by atoms with E-state index >= 15 is 0 Å². The first-order chi connectivity index (χ1) is 8.49. The molecule has 1 aromatic carbocycles. The van der Waals surface area contributed by atoms with Gasteiger partial charge in [0.05, 0.1) is 4.90 Å². The van der Waals surface area contributed by atoms with Gasteiger partial charge in [-0.2, -0.15) is 0 Å². The van der Waals surface area contributed by atoms with Crippen LogP contribution in [0.25, 0.3) is 0 Å². The molecule has 0 bridgehead atoms. The van der Waals surface area contributed by atoms with Crippen LogP contribution in [-0.2, 0) is 10.0 Å². The molecule has 2 rings (SSSR count). The molecule has 0 atom stereocenters. The van der Waals surface area contributed by atoms with Crippen molar-refractivity contribution in [2.24, 2.45) is 0 Å². The minimum atomic E-state index is -3.52. The Bertz CT molecular complexity index is 522. The number of nitrogens with two attached hydrogens (primary N) is 1. The normalized spacial score (nSPS) is 17.8. The van der Waals surface area contributed by atoms with Crippen molar-refractivity contribution < 1.29 is 8.42 Å². The van der Waals surface area contributed by atoms with Crippen molar-refractivity contribution in [2.75, 3.05) is 18.8 Å². The van der Waals surface area contributed by atoms with E-state index in [0.29, 0.717) is 11.3 Å². The maximum Gasteiger partial charge on any atom is 0.253 e. The van der Waals surface area contributed by atoms with E-state index in [0.717, 1.165) is 32.4 Å². The van der Waals surface area contributed by atoms with Gasteiger partial charge in [-0.25, -0.2) is 13.4 Å². The molecule has 1 saturated heterocycles. The van der Waals surface area contributed by atoms with Crippen LogP contribution in [0.2, 0.25) is 0 Å². The van der Waals surface area contributed by atoms with Gasteiger partial charge in [-0.3, -0.25) is 0 Å². The van der Waals surface area contributed by atoms with Crippen LogP contribution in [0.5, 0.6) is 0 Å². The number of rotatable bonds is 3. The zero-order chi connectivity index (χ0) is 13.2. The molecule has 6 heteroatoms. The third-order valence-corrected chi connectivity index (χ3v) is 4.62. The third-order valence-electron chi connectivity index (χ3n) is 3.11. The predicted octanol–water partition coefficient (Wildman–Crippen LogP) is 1.26. The number of piperidine rings is 1. The van der Waals surface area contributed by atoms with Gasteiger partial charge in [0.15, 0.2) is 0 Å². The molecule has 0 radical (unpaired) electrons. The van der Waals surface area contributed by atoms with Crippen molar-refractivity contribution in [2.45, 2.75) is 31.1 Å². The smallest absolute Gasteiger partial charge is 0.253 e. The van der Waals surface area contributed by atoms with E-state index < -0.39 is 10.0 Å². The number of hydrogen-bond donors (Lipinski definition) is 2. The molecular weight excluding hydrogens is 250 g/mol. The highest BCUT2D eigenvalue weighted by Crippen LogP contribution is 2.19. The van der Waals surface area contributed by atoms with Gasteiger partial charge in [-0.15, -0.1) is 4.83 Å². The molecule has 1 aliphatic heterocycles. The van der Waals surface area contributed by atoms with E-state index in [9.17, 15) is 8.42 Å². The number of nitrogens with zero attached hydrogens (tertiary/aromatic N) is 1. The molecule has 0 spiro atoms. The summed E-state index contributed by atoms with van der Waals surface area (Å²) in [5.41, 5.74) is 6.81. The van der Waals surface area contributed by atoms with Gasteiger partial charge >= 0.3 is 0 Å². The summed E-state index contributed by atoms with van der Waals surface area (Å²) in [6.45, 7) is 3.30. The fourth-order valence-corrected chi connectivity index (χ4v) is 3.51. The molecule has 0 aromatic heterocycles. The van der Waals surface area contributed by atoms with Gasteiger partial charge in [-0.05, 0) is 37.5 Å². The Morgan fingerprint density at radius 3 is 2.56 bits per heavy atom. The standard InChI is InChI=1S/C12H19N3O2S/c1-10-5-6-11(13)9-12(10)18(16,17)14-15-7-3-2-4-8-15/h5-6,9,14H,2-4,7-8,13H2,1H3. The summed E-state index contributed by atoms with van der Waals surface area (Å²) in [5.74, 6) is 0. The van der Waals surface area contributed by atoms with Gasteiger partial charge in [0.1, 0.15) is 0 Å². The van der Waals surface area contributed by atoms with Gasteiger partial charge in [0, 0.05) is 18.8 Å². The molecular formula is C12H19N3O2S. The van der Waals surface area contributed by atoms with Crippen LogP contribution in [0.15, 0.2) is 23.1 Å². The SMILES string of the molecule is Cc1ccc(N)cc1S(=O)(=O)NN1CCCCC1. The number of benzene rings is 1. The van der Waals surface area contributed by atoms with E-state index in [4.69, 9.17) is 5.73 Å². The van der Waals surface area contributed by atoms with Crippen LogP contribution in [-0.4, -0.2) is 26.5 Å². The molecule has 0 unspecified atom stereocenters. The fourth-order valence-electron chi connectivity index (χ4n) is 2.11. The van der Waals surface area contributed by atoms with Crippen molar-refractivity contribution in [3.8, 4) is 0 Å². The summed E-state index contributed by atoms with van der Waals surface area (Å²) in [4.78, 5) is 2.89. The number of sulfonamides is 1. The van der Waals surface area contributed by atoms with Crippen LogP contribution in [0.1, 0.15) is 24.8 Å². The number of nitrogens with one attached hydrogen (secondary N) is 1. The molecule has 5 nitrogen and oxygen atoms in total. The Kier molecular flexibility index (Phi) is 3.89. The van der Waals surface area contributed by atoms with E-state index in [2.05, 4.69) is 4.83 Å². The summed E-state index contributed by atoms with van der Waals surface area (Å²) >= 11 is 0. The second-order valence-electron chi connectivity index (χ2n) is 4.67. The van der Waals surface area contributed by atoms with E-state index in [-0.39, 0.29) is 4.90 Å². The second kappa shape index (κ2) is 5.26. The van der Waals surface area contributed by atoms with Gasteiger partial charge < -0.3 is 5.73 Å². The van der Waals surface area contributed by atoms with Crippen LogP contribution < -0.4 is 10.6 Å². The average Bonchev–Trinajstić information content (AvgIpc) is 2.33. The number of hydrogen-bond acceptors (Lipinski definition) is 4. The van der Waals surface area contributed by atoms with Crippen molar-refractivity contribution in [1.82, 2.24) is 9.84 Å². The van der Waals surface area contributed by atoms with Crippen molar-refractivity contribution in [3.05, 3.63) is 23.8 Å². The molecule has 100 valence electrons. The van der Waals surface area contributed by atoms with Crippen molar-refractivity contribution in [3.63, 3.8) is 0 Å². The Labute approximate surface area is 108 Å². The first-order valence-corrected chi connectivity index (χ1v) is 7.61. The van der Waals surface area contributed by atoms with E-state index in [1.165, 1.54) is 6.07 Å². The Hall–Kier alpha value is -1.11.